The predicted octanol–water partition coefficient (Wildman–Crippen LogP) is 0.589. The third-order valence-corrected chi connectivity index (χ3v) is 2.85. The largest absolute Gasteiger partial charge is 0.480 e. The van der Waals surface area contributed by atoms with Gasteiger partial charge in [-0.3, -0.25) is 9.69 Å². The van der Waals surface area contributed by atoms with Gasteiger partial charge in [0.1, 0.15) is 6.04 Å². The van der Waals surface area contributed by atoms with Gasteiger partial charge in [0, 0.05) is 13.7 Å². The normalized spacial score (nSPS) is 22.2. The first-order valence-electron chi connectivity index (χ1n) is 5.79. The fourth-order valence-electron chi connectivity index (χ4n) is 1.96. The van der Waals surface area contributed by atoms with Crippen LogP contribution in [-0.2, 0) is 14.3 Å². The van der Waals surface area contributed by atoms with Crippen molar-refractivity contribution in [2.45, 2.75) is 25.3 Å². The van der Waals surface area contributed by atoms with E-state index in [1.54, 1.807) is 7.11 Å². The van der Waals surface area contributed by atoms with Crippen molar-refractivity contribution in [1.29, 1.82) is 0 Å². The lowest BCUT2D eigenvalue weighted by Gasteiger charge is -2.32. The topological polar surface area (TPSA) is 59.0 Å². The first-order valence-corrected chi connectivity index (χ1v) is 5.79. The molecule has 5 nitrogen and oxygen atoms in total. The number of hydrogen-bond acceptors (Lipinski definition) is 4. The standard InChI is InChI=1S/C11H21NO4/c1-15-8-9-16-7-6-12-5-3-2-4-10(12)11(13)14/h10H,2-9H2,1H3,(H,13,14). The van der Waals surface area contributed by atoms with Gasteiger partial charge < -0.3 is 14.6 Å². The smallest absolute Gasteiger partial charge is 0.320 e. The summed E-state index contributed by atoms with van der Waals surface area (Å²) in [4.78, 5) is 13.0. The maximum absolute atomic E-state index is 11.0. The van der Waals surface area contributed by atoms with Crippen LogP contribution < -0.4 is 0 Å². The second-order valence-electron chi connectivity index (χ2n) is 3.99. The highest BCUT2D eigenvalue weighted by molar-refractivity contribution is 5.73. The SMILES string of the molecule is COCCOCCN1CCCCC1C(=O)O. The number of hydrogen-bond donors (Lipinski definition) is 1. The number of carboxylic acids is 1. The summed E-state index contributed by atoms with van der Waals surface area (Å²) in [5.41, 5.74) is 0. The quantitative estimate of drug-likeness (QED) is 0.650. The van der Waals surface area contributed by atoms with Gasteiger partial charge in [0.15, 0.2) is 0 Å². The van der Waals surface area contributed by atoms with Gasteiger partial charge in [-0.15, -0.1) is 0 Å². The van der Waals surface area contributed by atoms with E-state index in [0.717, 1.165) is 25.8 Å². The van der Waals surface area contributed by atoms with Crippen molar-refractivity contribution in [3.63, 3.8) is 0 Å². The summed E-state index contributed by atoms with van der Waals surface area (Å²) < 4.78 is 10.2. The first kappa shape index (κ1) is 13.4. The lowest BCUT2D eigenvalue weighted by Crippen LogP contribution is -2.46. The van der Waals surface area contributed by atoms with Crippen LogP contribution in [0.1, 0.15) is 19.3 Å². The van der Waals surface area contributed by atoms with E-state index in [1.807, 2.05) is 4.90 Å². The molecule has 0 aromatic rings. The molecule has 1 rings (SSSR count). The van der Waals surface area contributed by atoms with Crippen LogP contribution in [0.4, 0.5) is 0 Å². The molecule has 0 bridgehead atoms. The Hall–Kier alpha value is -0.650. The zero-order chi connectivity index (χ0) is 11.8. The molecule has 0 aromatic carbocycles. The van der Waals surface area contributed by atoms with E-state index in [-0.39, 0.29) is 6.04 Å². The number of nitrogens with zero attached hydrogens (tertiary/aromatic N) is 1. The number of aliphatic carboxylic acids is 1. The summed E-state index contributed by atoms with van der Waals surface area (Å²) in [6, 6.07) is -0.320. The van der Waals surface area contributed by atoms with E-state index in [0.29, 0.717) is 26.4 Å². The number of carbonyl (C=O) groups is 1. The molecule has 0 amide bonds. The molecule has 16 heavy (non-hydrogen) atoms. The van der Waals surface area contributed by atoms with Gasteiger partial charge in [-0.2, -0.15) is 0 Å². The molecular weight excluding hydrogens is 210 g/mol. The zero-order valence-corrected chi connectivity index (χ0v) is 9.85. The number of likely N-dealkylation sites (tertiary alicyclic amines) is 1. The number of carboxylic acid groups (broad SMARTS) is 1. The highest BCUT2D eigenvalue weighted by Crippen LogP contribution is 2.16. The van der Waals surface area contributed by atoms with Crippen LogP contribution in [0.2, 0.25) is 0 Å². The van der Waals surface area contributed by atoms with Crippen molar-refractivity contribution < 1.29 is 19.4 Å². The van der Waals surface area contributed by atoms with Crippen LogP contribution in [-0.4, -0.2) is 62.0 Å². The second-order valence-corrected chi connectivity index (χ2v) is 3.99. The Morgan fingerprint density at radius 2 is 2.19 bits per heavy atom. The third-order valence-electron chi connectivity index (χ3n) is 2.85. The molecule has 94 valence electrons. The minimum Gasteiger partial charge on any atom is -0.480 e. The maximum Gasteiger partial charge on any atom is 0.320 e. The van der Waals surface area contributed by atoms with Crippen molar-refractivity contribution in [2.75, 3.05) is 40.0 Å². The minimum atomic E-state index is -0.711. The molecule has 1 heterocycles. The van der Waals surface area contributed by atoms with Crippen molar-refractivity contribution in [2.24, 2.45) is 0 Å². The summed E-state index contributed by atoms with van der Waals surface area (Å²) in [6.07, 6.45) is 2.85. The van der Waals surface area contributed by atoms with Gasteiger partial charge in [0.25, 0.3) is 0 Å². The molecule has 5 heteroatoms. The molecule has 1 fully saturated rings. The highest BCUT2D eigenvalue weighted by atomic mass is 16.5. The molecule has 1 saturated heterocycles. The minimum absolute atomic E-state index is 0.320. The van der Waals surface area contributed by atoms with E-state index < -0.39 is 5.97 Å². The molecule has 1 N–H and O–H groups in total. The Kier molecular flexibility index (Phi) is 6.37. The van der Waals surface area contributed by atoms with E-state index in [4.69, 9.17) is 14.6 Å². The van der Waals surface area contributed by atoms with E-state index in [2.05, 4.69) is 0 Å². The predicted molar refractivity (Wildman–Crippen MR) is 59.5 cm³/mol. The zero-order valence-electron chi connectivity index (χ0n) is 9.85. The molecule has 1 aliphatic heterocycles. The van der Waals surface area contributed by atoms with Crippen LogP contribution in [0.15, 0.2) is 0 Å². The van der Waals surface area contributed by atoms with Gasteiger partial charge >= 0.3 is 5.97 Å². The Morgan fingerprint density at radius 1 is 1.38 bits per heavy atom. The second kappa shape index (κ2) is 7.60. The number of piperidine rings is 1. The van der Waals surface area contributed by atoms with Gasteiger partial charge in [-0.1, -0.05) is 6.42 Å². The van der Waals surface area contributed by atoms with E-state index in [1.165, 1.54) is 0 Å². The summed E-state index contributed by atoms with van der Waals surface area (Å²) >= 11 is 0. The Labute approximate surface area is 96.3 Å². The lowest BCUT2D eigenvalue weighted by molar-refractivity contribution is -0.144. The molecule has 1 atom stereocenters. The van der Waals surface area contributed by atoms with E-state index in [9.17, 15) is 4.79 Å². The molecule has 0 saturated carbocycles. The Morgan fingerprint density at radius 3 is 2.88 bits per heavy atom. The van der Waals surface area contributed by atoms with Crippen molar-refractivity contribution >= 4 is 5.97 Å². The molecule has 1 unspecified atom stereocenters. The number of rotatable bonds is 7. The van der Waals surface area contributed by atoms with Gasteiger partial charge in [0.05, 0.1) is 19.8 Å². The van der Waals surface area contributed by atoms with E-state index >= 15 is 0 Å². The highest BCUT2D eigenvalue weighted by Gasteiger charge is 2.27. The van der Waals surface area contributed by atoms with Crippen LogP contribution >= 0.6 is 0 Å². The summed E-state index contributed by atoms with van der Waals surface area (Å²) in [7, 11) is 1.63. The van der Waals surface area contributed by atoms with Crippen LogP contribution in [0.25, 0.3) is 0 Å². The molecule has 0 spiro atoms. The van der Waals surface area contributed by atoms with Gasteiger partial charge in [-0.25, -0.2) is 0 Å². The molecule has 0 radical (unpaired) electrons. The van der Waals surface area contributed by atoms with Gasteiger partial charge in [0.2, 0.25) is 0 Å². The number of ether oxygens (including phenoxy) is 2. The summed E-state index contributed by atoms with van der Waals surface area (Å²) in [6.45, 7) is 3.29. The molecule has 1 aliphatic rings. The lowest BCUT2D eigenvalue weighted by atomic mass is 10.0. The van der Waals surface area contributed by atoms with Crippen LogP contribution in [0, 0.1) is 0 Å². The Balaban J connectivity index is 2.19. The summed E-state index contributed by atoms with van der Waals surface area (Å²) in [5, 5.41) is 9.05. The fourth-order valence-corrected chi connectivity index (χ4v) is 1.96. The van der Waals surface area contributed by atoms with Gasteiger partial charge in [-0.05, 0) is 19.4 Å². The number of methoxy groups -OCH3 is 1. The molecule has 0 aromatic heterocycles. The molecular formula is C11H21NO4. The molecule has 0 aliphatic carbocycles. The van der Waals surface area contributed by atoms with Crippen LogP contribution in [0.5, 0.6) is 0 Å². The monoisotopic (exact) mass is 231 g/mol. The van der Waals surface area contributed by atoms with Crippen molar-refractivity contribution in [1.82, 2.24) is 4.90 Å². The van der Waals surface area contributed by atoms with Crippen molar-refractivity contribution in [3.05, 3.63) is 0 Å². The average molecular weight is 231 g/mol. The fraction of sp³-hybridized carbons (Fsp3) is 0.909. The van der Waals surface area contributed by atoms with Crippen LogP contribution in [0.3, 0.4) is 0 Å². The summed E-state index contributed by atoms with van der Waals surface area (Å²) in [5.74, 6) is -0.711. The third kappa shape index (κ3) is 4.47. The average Bonchev–Trinajstić information content (AvgIpc) is 2.29. The maximum atomic E-state index is 11.0. The Bertz CT molecular complexity index is 210. The first-order chi connectivity index (χ1) is 7.75. The van der Waals surface area contributed by atoms with Crippen molar-refractivity contribution in [3.8, 4) is 0 Å².